The summed E-state index contributed by atoms with van der Waals surface area (Å²) in [5, 5.41) is 22.4. The zero-order valence-electron chi connectivity index (χ0n) is 12.1. The Labute approximate surface area is 131 Å². The third-order valence-electron chi connectivity index (χ3n) is 3.83. The summed E-state index contributed by atoms with van der Waals surface area (Å²) in [5.41, 5.74) is 6.65. The maximum atomic E-state index is 10.2. The van der Waals surface area contributed by atoms with Crippen molar-refractivity contribution in [2.24, 2.45) is 0 Å². The number of ether oxygens (including phenoxy) is 1. The van der Waals surface area contributed by atoms with Crippen LogP contribution in [0.4, 0.5) is 11.8 Å². The summed E-state index contributed by atoms with van der Waals surface area (Å²) in [4.78, 5) is 11.3. The van der Waals surface area contributed by atoms with Gasteiger partial charge in [-0.15, -0.1) is 11.6 Å². The molecule has 0 unspecified atom stereocenters. The number of anilines is 2. The number of nitrogens with zero attached hydrogens (tertiary/aromatic N) is 4. The van der Waals surface area contributed by atoms with Gasteiger partial charge < -0.3 is 26.0 Å². The molecular weight excluding hydrogens is 312 g/mol. The normalized spacial score (nSPS) is 31.8. The smallest absolute Gasteiger partial charge is 0.224 e. The van der Waals surface area contributed by atoms with Crippen LogP contribution in [0.3, 0.4) is 0 Å². The second-order valence-corrected chi connectivity index (χ2v) is 6.12. The molecule has 9 nitrogen and oxygen atoms in total. The minimum atomic E-state index is -1.15. The zero-order chi connectivity index (χ0) is 16.1. The van der Waals surface area contributed by atoms with E-state index in [1.54, 1.807) is 18.5 Å². The Morgan fingerprint density at radius 2 is 2.27 bits per heavy atom. The maximum Gasteiger partial charge on any atom is 0.224 e. The number of fused-ring (bicyclic) bond motifs is 1. The number of hydrogen-bond acceptors (Lipinski definition) is 8. The number of alkyl halides is 1. The fraction of sp³-hybridized carbons (Fsp3) is 0.583. The largest absolute Gasteiger partial charge is 0.394 e. The van der Waals surface area contributed by atoms with Crippen LogP contribution in [0, 0.1) is 0 Å². The number of imidazole rings is 1. The molecule has 22 heavy (non-hydrogen) atoms. The van der Waals surface area contributed by atoms with Crippen molar-refractivity contribution in [2.75, 3.05) is 24.7 Å². The van der Waals surface area contributed by atoms with Gasteiger partial charge in [0, 0.05) is 7.05 Å². The van der Waals surface area contributed by atoms with Crippen LogP contribution < -0.4 is 11.1 Å². The van der Waals surface area contributed by atoms with E-state index in [0.717, 1.165) is 0 Å². The van der Waals surface area contributed by atoms with Crippen molar-refractivity contribution >= 4 is 34.5 Å². The monoisotopic (exact) mass is 328 g/mol. The topological polar surface area (TPSA) is 131 Å². The van der Waals surface area contributed by atoms with Crippen molar-refractivity contribution in [3.8, 4) is 0 Å². The molecule has 0 saturated carbocycles. The SMILES string of the molecule is CNc1nc(N)nc2c1ncn2[C@@H]1O[C@H](CO)[C@@H](O)[C@@]1(C)Cl. The second-order valence-electron chi connectivity index (χ2n) is 5.31. The first kappa shape index (κ1) is 15.2. The van der Waals surface area contributed by atoms with Crippen LogP contribution in [0.1, 0.15) is 13.2 Å². The van der Waals surface area contributed by atoms with E-state index in [2.05, 4.69) is 20.3 Å². The molecule has 1 saturated heterocycles. The Hall–Kier alpha value is -1.68. The van der Waals surface area contributed by atoms with E-state index in [9.17, 15) is 10.2 Å². The van der Waals surface area contributed by atoms with E-state index in [1.165, 1.54) is 6.33 Å². The predicted octanol–water partition coefficient (Wildman–Crippen LogP) is -0.302. The number of rotatable bonds is 3. The summed E-state index contributed by atoms with van der Waals surface area (Å²) >= 11 is 6.44. The highest BCUT2D eigenvalue weighted by molar-refractivity contribution is 6.24. The number of aromatic nitrogens is 4. The van der Waals surface area contributed by atoms with E-state index < -0.39 is 23.3 Å². The lowest BCUT2D eigenvalue weighted by Crippen LogP contribution is -2.39. The average Bonchev–Trinajstić information content (AvgIpc) is 2.98. The molecule has 0 aliphatic carbocycles. The fourth-order valence-corrected chi connectivity index (χ4v) is 2.94. The van der Waals surface area contributed by atoms with Gasteiger partial charge in [0.15, 0.2) is 23.2 Å². The molecule has 5 N–H and O–H groups in total. The number of halogens is 1. The van der Waals surface area contributed by atoms with E-state index in [1.807, 2.05) is 0 Å². The van der Waals surface area contributed by atoms with Crippen molar-refractivity contribution < 1.29 is 14.9 Å². The number of aliphatic hydroxyl groups excluding tert-OH is 2. The van der Waals surface area contributed by atoms with Gasteiger partial charge in [-0.2, -0.15) is 9.97 Å². The highest BCUT2D eigenvalue weighted by Gasteiger charge is 2.53. The minimum absolute atomic E-state index is 0.0760. The summed E-state index contributed by atoms with van der Waals surface area (Å²) in [5.74, 6) is 0.557. The standard InChI is InChI=1S/C12H17ClN6O3/c1-12(13)7(21)5(3-20)22-10(12)19-4-16-6-8(15-2)17-11(14)18-9(6)19/h4-5,7,10,20-21H,3H2,1-2H3,(H3,14,15,17,18)/t5-,7-,10-,12-/m1/s1. The van der Waals surface area contributed by atoms with Gasteiger partial charge in [0.2, 0.25) is 5.95 Å². The van der Waals surface area contributed by atoms with Crippen LogP contribution in [-0.4, -0.2) is 60.5 Å². The first-order chi connectivity index (χ1) is 10.4. The Kier molecular flexibility index (Phi) is 3.60. The molecule has 0 amide bonds. The molecule has 0 spiro atoms. The summed E-state index contributed by atoms with van der Waals surface area (Å²) < 4.78 is 7.26. The molecule has 2 aromatic rings. The Morgan fingerprint density at radius 1 is 1.55 bits per heavy atom. The second kappa shape index (κ2) is 5.20. The minimum Gasteiger partial charge on any atom is -0.394 e. The van der Waals surface area contributed by atoms with Gasteiger partial charge >= 0.3 is 0 Å². The summed E-state index contributed by atoms with van der Waals surface area (Å²) in [6.45, 7) is 1.29. The van der Waals surface area contributed by atoms with Gasteiger partial charge in [-0.25, -0.2) is 4.98 Å². The van der Waals surface area contributed by atoms with Crippen molar-refractivity contribution in [2.45, 2.75) is 30.2 Å². The molecule has 120 valence electrons. The molecule has 3 heterocycles. The summed E-state index contributed by atoms with van der Waals surface area (Å²) in [6, 6.07) is 0. The maximum absolute atomic E-state index is 10.2. The summed E-state index contributed by atoms with van der Waals surface area (Å²) in [7, 11) is 1.70. The van der Waals surface area contributed by atoms with Crippen LogP contribution in [-0.2, 0) is 4.74 Å². The highest BCUT2D eigenvalue weighted by Crippen LogP contribution is 2.44. The molecule has 3 rings (SSSR count). The average molecular weight is 329 g/mol. The molecule has 0 aromatic carbocycles. The summed E-state index contributed by atoms with van der Waals surface area (Å²) in [6.07, 6.45) is -1.08. The van der Waals surface area contributed by atoms with E-state index in [-0.39, 0.29) is 12.6 Å². The van der Waals surface area contributed by atoms with E-state index in [0.29, 0.717) is 17.0 Å². The molecular formula is C12H17ClN6O3. The van der Waals surface area contributed by atoms with E-state index >= 15 is 0 Å². The molecule has 2 aromatic heterocycles. The van der Waals surface area contributed by atoms with Crippen molar-refractivity contribution in [3.05, 3.63) is 6.33 Å². The first-order valence-corrected chi connectivity index (χ1v) is 7.09. The lowest BCUT2D eigenvalue weighted by atomic mass is 10.0. The van der Waals surface area contributed by atoms with Crippen molar-refractivity contribution in [1.29, 1.82) is 0 Å². The van der Waals surface area contributed by atoms with Crippen LogP contribution in [0.2, 0.25) is 0 Å². The third kappa shape index (κ3) is 2.09. The predicted molar refractivity (Wildman–Crippen MR) is 80.5 cm³/mol. The van der Waals surface area contributed by atoms with Crippen molar-refractivity contribution in [1.82, 2.24) is 19.5 Å². The Balaban J connectivity index is 2.13. The number of nitrogens with two attached hydrogens (primary N) is 1. The quantitative estimate of drug-likeness (QED) is 0.565. The van der Waals surface area contributed by atoms with Gasteiger partial charge in [0.25, 0.3) is 0 Å². The number of hydrogen-bond donors (Lipinski definition) is 4. The zero-order valence-corrected chi connectivity index (χ0v) is 12.8. The molecule has 10 heteroatoms. The number of aliphatic hydroxyl groups is 2. The number of nitrogen functional groups attached to an aromatic ring is 1. The lowest BCUT2D eigenvalue weighted by molar-refractivity contribution is -0.0441. The molecule has 1 fully saturated rings. The molecule has 1 aliphatic rings. The van der Waals surface area contributed by atoms with Gasteiger partial charge in [0.1, 0.15) is 17.1 Å². The molecule has 1 aliphatic heterocycles. The van der Waals surface area contributed by atoms with Crippen molar-refractivity contribution in [3.63, 3.8) is 0 Å². The van der Waals surface area contributed by atoms with E-state index in [4.69, 9.17) is 22.1 Å². The van der Waals surface area contributed by atoms with Crippen LogP contribution in [0.15, 0.2) is 6.33 Å². The van der Waals surface area contributed by atoms with Gasteiger partial charge in [-0.1, -0.05) is 0 Å². The Morgan fingerprint density at radius 3 is 2.86 bits per heavy atom. The Bertz CT molecular complexity index is 705. The highest BCUT2D eigenvalue weighted by atomic mass is 35.5. The molecule has 0 bridgehead atoms. The lowest BCUT2D eigenvalue weighted by Gasteiger charge is -2.26. The third-order valence-corrected chi connectivity index (χ3v) is 4.24. The van der Waals surface area contributed by atoms with Crippen LogP contribution in [0.25, 0.3) is 11.2 Å². The van der Waals surface area contributed by atoms with Crippen LogP contribution in [0.5, 0.6) is 0 Å². The van der Waals surface area contributed by atoms with Gasteiger partial charge in [-0.05, 0) is 6.92 Å². The van der Waals surface area contributed by atoms with Crippen LogP contribution >= 0.6 is 11.6 Å². The van der Waals surface area contributed by atoms with Gasteiger partial charge in [-0.3, -0.25) is 4.57 Å². The number of nitrogens with one attached hydrogen (secondary N) is 1. The molecule has 4 atom stereocenters. The first-order valence-electron chi connectivity index (χ1n) is 6.71. The molecule has 0 radical (unpaired) electrons. The van der Waals surface area contributed by atoms with Gasteiger partial charge in [0.05, 0.1) is 12.9 Å². The fourth-order valence-electron chi connectivity index (χ4n) is 2.64.